The molecule has 1 aromatic rings. The molecule has 0 saturated heterocycles. The maximum Gasteiger partial charge on any atom is 0.338 e. The topological polar surface area (TPSA) is 69.7 Å². The van der Waals surface area contributed by atoms with Crippen molar-refractivity contribution < 1.29 is 23.9 Å². The zero-order valence-corrected chi connectivity index (χ0v) is 12.2. The second kappa shape index (κ2) is 7.02. The van der Waals surface area contributed by atoms with Gasteiger partial charge in [0.05, 0.1) is 5.56 Å². The van der Waals surface area contributed by atoms with Crippen LogP contribution in [0, 0.1) is 5.41 Å². The number of rotatable bonds is 6. The van der Waals surface area contributed by atoms with Crippen LogP contribution in [0.2, 0.25) is 0 Å². The van der Waals surface area contributed by atoms with Gasteiger partial charge in [-0.25, -0.2) is 4.79 Å². The summed E-state index contributed by atoms with van der Waals surface area (Å²) in [6.45, 7) is 3.21. The predicted molar refractivity (Wildman–Crippen MR) is 79.2 cm³/mol. The van der Waals surface area contributed by atoms with Gasteiger partial charge in [0.15, 0.2) is 11.2 Å². The van der Waals surface area contributed by atoms with E-state index in [9.17, 15) is 14.4 Å². The van der Waals surface area contributed by atoms with Crippen LogP contribution in [-0.2, 0) is 19.1 Å². The number of benzene rings is 1. The minimum atomic E-state index is -1.37. The Hall–Kier alpha value is -2.43. The van der Waals surface area contributed by atoms with Crippen molar-refractivity contribution in [2.75, 3.05) is 13.2 Å². The third-order valence-electron chi connectivity index (χ3n) is 3.72. The zero-order valence-electron chi connectivity index (χ0n) is 12.2. The fraction of sp³-hybridized carbons (Fsp3) is 0.353. The van der Waals surface area contributed by atoms with E-state index in [4.69, 9.17) is 9.47 Å². The zero-order chi connectivity index (χ0) is 16.0. The van der Waals surface area contributed by atoms with Gasteiger partial charge in [0, 0.05) is 6.42 Å². The van der Waals surface area contributed by atoms with Crippen molar-refractivity contribution in [1.82, 2.24) is 0 Å². The Morgan fingerprint density at radius 1 is 1.23 bits per heavy atom. The molecule has 0 N–H and O–H groups in total. The fourth-order valence-corrected chi connectivity index (χ4v) is 2.48. The lowest BCUT2D eigenvalue weighted by Crippen LogP contribution is -2.41. The summed E-state index contributed by atoms with van der Waals surface area (Å²) in [5.74, 6) is -1.44. The number of ether oxygens (including phenoxy) is 2. The van der Waals surface area contributed by atoms with Gasteiger partial charge in [-0.3, -0.25) is 9.59 Å². The van der Waals surface area contributed by atoms with Crippen molar-refractivity contribution in [2.24, 2.45) is 5.41 Å². The average molecular weight is 302 g/mol. The molecule has 1 atom stereocenters. The standard InChI is InChI=1S/C17H18O5/c1-2-11-21-16(20)17(10-6-9-14(17)18)12-22-15(19)13-7-4-3-5-8-13/h2-5,7-8H,1,6,9-12H2. The van der Waals surface area contributed by atoms with Crippen molar-refractivity contribution in [3.8, 4) is 0 Å². The van der Waals surface area contributed by atoms with E-state index in [1.54, 1.807) is 30.3 Å². The quantitative estimate of drug-likeness (QED) is 0.458. The highest BCUT2D eigenvalue weighted by Crippen LogP contribution is 2.36. The Kier molecular flexibility index (Phi) is 5.09. The molecule has 5 nitrogen and oxygen atoms in total. The molecule has 1 aliphatic rings. The van der Waals surface area contributed by atoms with E-state index in [0.717, 1.165) is 0 Å². The van der Waals surface area contributed by atoms with E-state index in [2.05, 4.69) is 6.58 Å². The number of carbonyl (C=O) groups is 3. The van der Waals surface area contributed by atoms with Crippen molar-refractivity contribution in [2.45, 2.75) is 19.3 Å². The van der Waals surface area contributed by atoms with Gasteiger partial charge in [0.1, 0.15) is 13.2 Å². The van der Waals surface area contributed by atoms with Crippen molar-refractivity contribution in [1.29, 1.82) is 0 Å². The van der Waals surface area contributed by atoms with Gasteiger partial charge < -0.3 is 9.47 Å². The van der Waals surface area contributed by atoms with Gasteiger partial charge in [-0.2, -0.15) is 0 Å². The molecule has 0 spiro atoms. The van der Waals surface area contributed by atoms with Crippen LogP contribution in [0.15, 0.2) is 43.0 Å². The van der Waals surface area contributed by atoms with E-state index in [1.807, 2.05) is 0 Å². The molecule has 1 aromatic carbocycles. The number of carbonyl (C=O) groups excluding carboxylic acids is 3. The molecule has 1 unspecified atom stereocenters. The van der Waals surface area contributed by atoms with Gasteiger partial charge in [-0.05, 0) is 25.0 Å². The summed E-state index contributed by atoms with van der Waals surface area (Å²) in [6.07, 6.45) is 2.65. The van der Waals surface area contributed by atoms with E-state index >= 15 is 0 Å². The van der Waals surface area contributed by atoms with E-state index in [0.29, 0.717) is 24.8 Å². The molecule has 0 amide bonds. The fourth-order valence-electron chi connectivity index (χ4n) is 2.48. The highest BCUT2D eigenvalue weighted by Gasteiger charge is 2.51. The van der Waals surface area contributed by atoms with Gasteiger partial charge in [-0.1, -0.05) is 30.9 Å². The van der Waals surface area contributed by atoms with Crippen molar-refractivity contribution in [3.05, 3.63) is 48.6 Å². The molecule has 0 radical (unpaired) electrons. The second-order valence-electron chi connectivity index (χ2n) is 5.19. The maximum absolute atomic E-state index is 12.2. The van der Waals surface area contributed by atoms with Crippen LogP contribution in [0.5, 0.6) is 0 Å². The first kappa shape index (κ1) is 15.9. The number of ketones is 1. The first-order valence-electron chi connectivity index (χ1n) is 7.14. The molecule has 1 fully saturated rings. The molecule has 0 aromatic heterocycles. The summed E-state index contributed by atoms with van der Waals surface area (Å²) >= 11 is 0. The molecule has 0 heterocycles. The average Bonchev–Trinajstić information content (AvgIpc) is 2.93. The van der Waals surface area contributed by atoms with E-state index in [-0.39, 0.29) is 19.0 Å². The number of Topliss-reactive ketones (excluding diaryl/α,β-unsaturated/α-hetero) is 1. The Morgan fingerprint density at radius 2 is 1.95 bits per heavy atom. The van der Waals surface area contributed by atoms with Gasteiger partial charge >= 0.3 is 11.9 Å². The Morgan fingerprint density at radius 3 is 2.55 bits per heavy atom. The van der Waals surface area contributed by atoms with Crippen LogP contribution >= 0.6 is 0 Å². The largest absolute Gasteiger partial charge is 0.461 e. The lowest BCUT2D eigenvalue weighted by atomic mass is 9.86. The van der Waals surface area contributed by atoms with E-state index < -0.39 is 17.4 Å². The van der Waals surface area contributed by atoms with Crippen LogP contribution in [0.25, 0.3) is 0 Å². The molecule has 116 valence electrons. The second-order valence-corrected chi connectivity index (χ2v) is 5.19. The smallest absolute Gasteiger partial charge is 0.338 e. The number of hydrogen-bond donors (Lipinski definition) is 0. The van der Waals surface area contributed by atoms with Gasteiger partial charge in [0.2, 0.25) is 0 Å². The van der Waals surface area contributed by atoms with Crippen LogP contribution in [-0.4, -0.2) is 30.9 Å². The summed E-state index contributed by atoms with van der Waals surface area (Å²) < 4.78 is 10.2. The van der Waals surface area contributed by atoms with Crippen LogP contribution in [0.3, 0.4) is 0 Å². The molecular weight excluding hydrogens is 284 g/mol. The van der Waals surface area contributed by atoms with Gasteiger partial charge in [0.25, 0.3) is 0 Å². The lowest BCUT2D eigenvalue weighted by molar-refractivity contribution is -0.160. The molecule has 22 heavy (non-hydrogen) atoms. The van der Waals surface area contributed by atoms with Crippen molar-refractivity contribution >= 4 is 17.7 Å². The SMILES string of the molecule is C=CCOC(=O)C1(COC(=O)c2ccccc2)CCCC1=O. The molecular formula is C17H18O5. The van der Waals surface area contributed by atoms with Crippen molar-refractivity contribution in [3.63, 3.8) is 0 Å². The summed E-state index contributed by atoms with van der Waals surface area (Å²) in [5.41, 5.74) is -0.990. The third kappa shape index (κ3) is 3.24. The summed E-state index contributed by atoms with van der Waals surface area (Å²) in [4.78, 5) is 36.3. The minimum absolute atomic E-state index is 0.0283. The molecule has 5 heteroatoms. The molecule has 1 saturated carbocycles. The molecule has 1 aliphatic carbocycles. The first-order valence-corrected chi connectivity index (χ1v) is 7.14. The maximum atomic E-state index is 12.2. The van der Waals surface area contributed by atoms with Gasteiger partial charge in [-0.15, -0.1) is 0 Å². The van der Waals surface area contributed by atoms with Crippen LogP contribution < -0.4 is 0 Å². The highest BCUT2D eigenvalue weighted by atomic mass is 16.6. The number of esters is 2. The van der Waals surface area contributed by atoms with E-state index in [1.165, 1.54) is 6.08 Å². The Balaban J connectivity index is 2.08. The summed E-state index contributed by atoms with van der Waals surface area (Å²) in [5, 5.41) is 0. The Bertz CT molecular complexity index is 578. The normalized spacial score (nSPS) is 20.5. The summed E-state index contributed by atoms with van der Waals surface area (Å²) in [7, 11) is 0. The lowest BCUT2D eigenvalue weighted by Gasteiger charge is -2.24. The minimum Gasteiger partial charge on any atom is -0.461 e. The monoisotopic (exact) mass is 302 g/mol. The Labute approximate surface area is 128 Å². The number of hydrogen-bond acceptors (Lipinski definition) is 5. The highest BCUT2D eigenvalue weighted by molar-refractivity contribution is 6.05. The third-order valence-corrected chi connectivity index (χ3v) is 3.72. The molecule has 0 bridgehead atoms. The predicted octanol–water partition coefficient (Wildman–Crippen LogP) is 2.31. The van der Waals surface area contributed by atoms with Crippen LogP contribution in [0.1, 0.15) is 29.6 Å². The van der Waals surface area contributed by atoms with Crippen LogP contribution in [0.4, 0.5) is 0 Å². The first-order chi connectivity index (χ1) is 10.6. The molecule has 0 aliphatic heterocycles. The molecule has 2 rings (SSSR count). The summed E-state index contributed by atoms with van der Waals surface area (Å²) in [6, 6.07) is 8.44.